The van der Waals surface area contributed by atoms with E-state index in [1.807, 2.05) is 0 Å². The van der Waals surface area contributed by atoms with Crippen LogP contribution in [0.1, 0.15) is 79.3 Å². The van der Waals surface area contributed by atoms with Gasteiger partial charge in [-0.15, -0.1) is 0 Å². The number of anilines is 1. The zero-order chi connectivity index (χ0) is 32.3. The molecule has 12 heteroatoms. The number of alkyl halides is 3. The highest BCUT2D eigenvalue weighted by Crippen LogP contribution is 2.40. The molecule has 0 unspecified atom stereocenters. The van der Waals surface area contributed by atoms with Crippen LogP contribution in [0.25, 0.3) is 0 Å². The van der Waals surface area contributed by atoms with E-state index in [9.17, 15) is 27.9 Å². The molecule has 1 saturated carbocycles. The molecule has 1 aliphatic rings. The first-order chi connectivity index (χ1) is 20.6. The molecule has 0 atom stereocenters. The molecular weight excluding hydrogens is 582 g/mol. The molecule has 44 heavy (non-hydrogen) atoms. The maximum atomic E-state index is 15.5. The Morgan fingerprint density at radius 3 is 2.34 bits per heavy atom. The smallest absolute Gasteiger partial charge is 0.421 e. The highest BCUT2D eigenvalue weighted by Gasteiger charge is 2.37. The first kappa shape index (κ1) is 32.7. The average Bonchev–Trinajstić information content (AvgIpc) is 2.94. The van der Waals surface area contributed by atoms with Crippen LogP contribution in [0.3, 0.4) is 0 Å². The molecule has 1 fully saturated rings. The van der Waals surface area contributed by atoms with Crippen molar-refractivity contribution >= 4 is 17.6 Å². The van der Waals surface area contributed by atoms with Crippen molar-refractivity contribution in [2.75, 3.05) is 4.90 Å². The predicted octanol–water partition coefficient (Wildman–Crippen LogP) is 7.89. The molecular formula is C32H35F4N3O5. The number of rotatable bonds is 9. The normalized spacial score (nSPS) is 17.0. The number of nitrogens with zero attached hydrogens (tertiary/aromatic N) is 3. The fourth-order valence-corrected chi connectivity index (χ4v) is 5.30. The van der Waals surface area contributed by atoms with E-state index in [-0.39, 0.29) is 29.7 Å². The van der Waals surface area contributed by atoms with Crippen LogP contribution in [-0.4, -0.2) is 33.0 Å². The van der Waals surface area contributed by atoms with E-state index in [0.717, 1.165) is 42.9 Å². The van der Waals surface area contributed by atoms with Crippen molar-refractivity contribution in [2.45, 2.75) is 79.1 Å². The van der Waals surface area contributed by atoms with Crippen molar-refractivity contribution in [3.8, 4) is 17.4 Å². The third kappa shape index (κ3) is 7.46. The van der Waals surface area contributed by atoms with Gasteiger partial charge >= 0.3 is 12.1 Å². The van der Waals surface area contributed by atoms with E-state index in [0.29, 0.717) is 30.2 Å². The Hall–Kier alpha value is -4.22. The van der Waals surface area contributed by atoms with Gasteiger partial charge in [0.2, 0.25) is 11.8 Å². The SMILES string of the molecule is Cc1ccc(OCc2cnc(Oc3cc(C(=O)O)c(N(C(=O)[C@H]4CC[C@H](C)CC4)C(C)C)cc3F)c(C(F)(F)F)c2)c(C)n1. The molecule has 236 valence electrons. The molecule has 3 aromatic rings. The van der Waals surface area contributed by atoms with Crippen molar-refractivity contribution in [2.24, 2.45) is 11.8 Å². The second-order valence-electron chi connectivity index (χ2n) is 11.5. The van der Waals surface area contributed by atoms with Gasteiger partial charge in [-0.1, -0.05) is 6.92 Å². The van der Waals surface area contributed by atoms with E-state index in [2.05, 4.69) is 16.9 Å². The predicted molar refractivity (Wildman–Crippen MR) is 154 cm³/mol. The van der Waals surface area contributed by atoms with Gasteiger partial charge < -0.3 is 19.5 Å². The number of pyridine rings is 2. The fourth-order valence-electron chi connectivity index (χ4n) is 5.30. The number of carbonyl (C=O) groups is 2. The van der Waals surface area contributed by atoms with Crippen LogP contribution in [0.15, 0.2) is 36.5 Å². The number of aromatic nitrogens is 2. The first-order valence-electron chi connectivity index (χ1n) is 14.4. The van der Waals surface area contributed by atoms with Crippen molar-refractivity contribution in [1.82, 2.24) is 9.97 Å². The summed E-state index contributed by atoms with van der Waals surface area (Å²) >= 11 is 0. The molecule has 0 aliphatic heterocycles. The van der Waals surface area contributed by atoms with Crippen LogP contribution in [0.2, 0.25) is 0 Å². The van der Waals surface area contributed by atoms with Gasteiger partial charge in [-0.05, 0) is 77.5 Å². The fraction of sp³-hybridized carbons (Fsp3) is 0.438. The van der Waals surface area contributed by atoms with E-state index >= 15 is 4.39 Å². The molecule has 2 aromatic heterocycles. The highest BCUT2D eigenvalue weighted by molar-refractivity contribution is 6.03. The summed E-state index contributed by atoms with van der Waals surface area (Å²) in [6.07, 6.45) is -0.900. The number of hydrogen-bond donors (Lipinski definition) is 1. The summed E-state index contributed by atoms with van der Waals surface area (Å²) in [6.45, 7) is 8.70. The molecule has 0 radical (unpaired) electrons. The van der Waals surface area contributed by atoms with Crippen LogP contribution in [0.4, 0.5) is 23.2 Å². The Labute approximate surface area is 253 Å². The molecule has 0 spiro atoms. The Bertz CT molecular complexity index is 1530. The monoisotopic (exact) mass is 617 g/mol. The minimum Gasteiger partial charge on any atom is -0.487 e. The molecule has 8 nitrogen and oxygen atoms in total. The van der Waals surface area contributed by atoms with Gasteiger partial charge in [-0.3, -0.25) is 9.78 Å². The van der Waals surface area contributed by atoms with Crippen LogP contribution < -0.4 is 14.4 Å². The molecule has 1 N–H and O–H groups in total. The second kappa shape index (κ2) is 13.2. The third-order valence-electron chi connectivity index (χ3n) is 7.65. The molecule has 1 amide bonds. The van der Waals surface area contributed by atoms with Crippen molar-refractivity contribution in [1.29, 1.82) is 0 Å². The van der Waals surface area contributed by atoms with Gasteiger partial charge in [0.05, 0.1) is 16.9 Å². The number of carbonyl (C=O) groups excluding carboxylic acids is 1. The van der Waals surface area contributed by atoms with E-state index < -0.39 is 46.8 Å². The molecule has 0 bridgehead atoms. The third-order valence-corrected chi connectivity index (χ3v) is 7.65. The summed E-state index contributed by atoms with van der Waals surface area (Å²) in [5.74, 6) is -4.20. The molecule has 2 heterocycles. The number of carboxylic acid groups (broad SMARTS) is 1. The van der Waals surface area contributed by atoms with Crippen LogP contribution in [0, 0.1) is 31.5 Å². The lowest BCUT2D eigenvalue weighted by Gasteiger charge is -2.34. The number of ether oxygens (including phenoxy) is 2. The van der Waals surface area contributed by atoms with Gasteiger partial charge in [0, 0.05) is 41.5 Å². The number of aryl methyl sites for hydroxylation is 2. The summed E-state index contributed by atoms with van der Waals surface area (Å²) < 4.78 is 68.5. The number of aromatic carboxylic acids is 1. The lowest BCUT2D eigenvalue weighted by Crippen LogP contribution is -2.43. The lowest BCUT2D eigenvalue weighted by molar-refractivity contribution is -0.139. The van der Waals surface area contributed by atoms with Gasteiger partial charge in [0.1, 0.15) is 17.9 Å². The average molecular weight is 618 g/mol. The standard InChI is InChI=1S/C32H35F4N3O5/c1-17(2)39(30(40)22-9-6-18(3)7-10-22)26-14-25(33)28(13-23(26)31(41)42)44-29-24(32(34,35)36)12-21(15-37-29)16-43-27-11-8-19(4)38-20(27)5/h8,11-15,17-18,22H,6-7,9-10,16H2,1-5H3,(H,41,42)/t18-,22-. The summed E-state index contributed by atoms with van der Waals surface area (Å²) in [7, 11) is 0. The molecule has 4 rings (SSSR count). The minimum atomic E-state index is -4.94. The van der Waals surface area contributed by atoms with Crippen LogP contribution in [0.5, 0.6) is 17.4 Å². The van der Waals surface area contributed by atoms with E-state index in [1.165, 1.54) is 4.90 Å². The zero-order valence-electron chi connectivity index (χ0n) is 25.2. The number of hydrogen-bond acceptors (Lipinski definition) is 6. The first-order valence-corrected chi connectivity index (χ1v) is 14.4. The molecule has 1 aliphatic carbocycles. The van der Waals surface area contributed by atoms with Gasteiger partial charge in [-0.2, -0.15) is 13.2 Å². The maximum Gasteiger partial charge on any atom is 0.421 e. The number of carboxylic acids is 1. The quantitative estimate of drug-likeness (QED) is 0.244. The van der Waals surface area contributed by atoms with Crippen LogP contribution >= 0.6 is 0 Å². The zero-order valence-corrected chi connectivity index (χ0v) is 25.2. The lowest BCUT2D eigenvalue weighted by atomic mass is 9.82. The topological polar surface area (TPSA) is 102 Å². The number of amides is 1. The minimum absolute atomic E-state index is 0.0647. The summed E-state index contributed by atoms with van der Waals surface area (Å²) in [4.78, 5) is 35.1. The van der Waals surface area contributed by atoms with E-state index in [1.54, 1.807) is 39.8 Å². The number of halogens is 4. The van der Waals surface area contributed by atoms with Gasteiger partial charge in [0.25, 0.3) is 0 Å². The Balaban J connectivity index is 1.65. The van der Waals surface area contributed by atoms with Crippen LogP contribution in [-0.2, 0) is 17.6 Å². The summed E-state index contributed by atoms with van der Waals surface area (Å²) in [5.41, 5.74) is -0.607. The molecule has 0 saturated heterocycles. The largest absolute Gasteiger partial charge is 0.487 e. The molecule has 1 aromatic carbocycles. The van der Waals surface area contributed by atoms with E-state index in [4.69, 9.17) is 9.47 Å². The Kier molecular flexibility index (Phi) is 9.80. The van der Waals surface area contributed by atoms with Crippen molar-refractivity contribution in [3.05, 3.63) is 70.4 Å². The van der Waals surface area contributed by atoms with Crippen molar-refractivity contribution < 1.29 is 41.7 Å². The van der Waals surface area contributed by atoms with Crippen molar-refractivity contribution in [3.63, 3.8) is 0 Å². The van der Waals surface area contributed by atoms with Gasteiger partial charge in [-0.25, -0.2) is 14.2 Å². The Morgan fingerprint density at radius 2 is 1.75 bits per heavy atom. The summed E-state index contributed by atoms with van der Waals surface area (Å²) in [6, 6.07) is 5.22. The maximum absolute atomic E-state index is 15.5. The number of benzene rings is 1. The van der Waals surface area contributed by atoms with Gasteiger partial charge in [0.15, 0.2) is 11.6 Å². The highest BCUT2D eigenvalue weighted by atomic mass is 19.4. The Morgan fingerprint density at radius 1 is 1.07 bits per heavy atom. The summed E-state index contributed by atoms with van der Waals surface area (Å²) in [5, 5.41) is 9.98. The second-order valence-corrected chi connectivity index (χ2v) is 11.5.